The summed E-state index contributed by atoms with van der Waals surface area (Å²) in [5, 5.41) is 13.7. The molecular formula is C11H14FN3O4S. The number of nitro groups is 1. The zero-order valence-electron chi connectivity index (χ0n) is 10.5. The highest BCUT2D eigenvalue weighted by Crippen LogP contribution is 2.21. The standard InChI is InChI=1S/C11H14FN3O4S/c12-10-4-3-9(6-11(10)15(16)17)20(18,19)14-8-2-1-5-13-7-8/h3-4,6,8,13-14H,1-2,5,7H2. The fraction of sp³-hybridized carbons (Fsp3) is 0.455. The second-order valence-corrected chi connectivity index (χ2v) is 6.25. The number of benzene rings is 1. The maximum atomic E-state index is 13.2. The lowest BCUT2D eigenvalue weighted by atomic mass is 10.1. The van der Waals surface area contributed by atoms with Gasteiger partial charge in [0.1, 0.15) is 0 Å². The number of halogens is 1. The lowest BCUT2D eigenvalue weighted by Crippen LogP contribution is -2.45. The van der Waals surface area contributed by atoms with Crippen LogP contribution in [0.4, 0.5) is 10.1 Å². The molecule has 1 fully saturated rings. The normalized spacial score (nSPS) is 19.8. The average Bonchev–Trinajstić information content (AvgIpc) is 2.39. The van der Waals surface area contributed by atoms with Crippen LogP contribution in [0.25, 0.3) is 0 Å². The SMILES string of the molecule is O=[N+]([O-])c1cc(S(=O)(=O)NC2CCCNC2)ccc1F. The third-order valence-electron chi connectivity index (χ3n) is 3.04. The van der Waals surface area contributed by atoms with Crippen molar-refractivity contribution in [2.45, 2.75) is 23.8 Å². The second-order valence-electron chi connectivity index (χ2n) is 4.53. The summed E-state index contributed by atoms with van der Waals surface area (Å²) in [6, 6.07) is 2.26. The van der Waals surface area contributed by atoms with Crippen LogP contribution < -0.4 is 10.0 Å². The van der Waals surface area contributed by atoms with E-state index < -0.39 is 26.5 Å². The Balaban J connectivity index is 2.24. The summed E-state index contributed by atoms with van der Waals surface area (Å²) >= 11 is 0. The van der Waals surface area contributed by atoms with Crippen LogP contribution in [0.2, 0.25) is 0 Å². The molecule has 1 aromatic carbocycles. The molecule has 2 rings (SSSR count). The molecule has 0 radical (unpaired) electrons. The van der Waals surface area contributed by atoms with E-state index in [2.05, 4.69) is 10.0 Å². The Labute approximate surface area is 115 Å². The first-order valence-corrected chi connectivity index (χ1v) is 7.55. The van der Waals surface area contributed by atoms with Gasteiger partial charge in [-0.1, -0.05) is 0 Å². The Morgan fingerprint density at radius 3 is 2.80 bits per heavy atom. The molecule has 110 valence electrons. The van der Waals surface area contributed by atoms with E-state index in [4.69, 9.17) is 0 Å². The van der Waals surface area contributed by atoms with Crippen LogP contribution in [0.3, 0.4) is 0 Å². The first-order valence-electron chi connectivity index (χ1n) is 6.07. The molecule has 1 heterocycles. The van der Waals surface area contributed by atoms with Gasteiger partial charge in [0.15, 0.2) is 0 Å². The van der Waals surface area contributed by atoms with Crippen LogP contribution in [-0.4, -0.2) is 32.5 Å². The maximum Gasteiger partial charge on any atom is 0.306 e. The van der Waals surface area contributed by atoms with Gasteiger partial charge in [-0.3, -0.25) is 10.1 Å². The fourth-order valence-electron chi connectivity index (χ4n) is 2.04. The minimum Gasteiger partial charge on any atom is -0.315 e. The molecule has 20 heavy (non-hydrogen) atoms. The van der Waals surface area contributed by atoms with Crippen LogP contribution >= 0.6 is 0 Å². The molecule has 0 saturated carbocycles. The topological polar surface area (TPSA) is 101 Å². The van der Waals surface area contributed by atoms with Crippen molar-refractivity contribution in [1.82, 2.24) is 10.0 Å². The molecule has 1 unspecified atom stereocenters. The van der Waals surface area contributed by atoms with E-state index in [0.29, 0.717) is 13.0 Å². The maximum absolute atomic E-state index is 13.2. The van der Waals surface area contributed by atoms with Crippen LogP contribution in [0.15, 0.2) is 23.1 Å². The van der Waals surface area contributed by atoms with Gasteiger partial charge in [0.05, 0.1) is 9.82 Å². The van der Waals surface area contributed by atoms with Crippen molar-refractivity contribution in [3.63, 3.8) is 0 Å². The van der Waals surface area contributed by atoms with Gasteiger partial charge in [-0.15, -0.1) is 0 Å². The Hall–Kier alpha value is -1.58. The van der Waals surface area contributed by atoms with Crippen LogP contribution in [0, 0.1) is 15.9 Å². The van der Waals surface area contributed by atoms with Crippen molar-refractivity contribution >= 4 is 15.7 Å². The summed E-state index contributed by atoms with van der Waals surface area (Å²) in [4.78, 5) is 9.37. The molecule has 0 bridgehead atoms. The van der Waals surface area contributed by atoms with Crippen LogP contribution in [0.1, 0.15) is 12.8 Å². The number of sulfonamides is 1. The number of nitro benzene ring substituents is 1. The summed E-state index contributed by atoms with van der Waals surface area (Å²) < 4.78 is 39.9. The number of piperidine rings is 1. The summed E-state index contributed by atoms with van der Waals surface area (Å²) in [5.41, 5.74) is -0.852. The third kappa shape index (κ3) is 3.30. The average molecular weight is 303 g/mol. The quantitative estimate of drug-likeness (QED) is 0.632. The van der Waals surface area contributed by atoms with Crippen molar-refractivity contribution in [3.05, 3.63) is 34.1 Å². The molecule has 1 aliphatic heterocycles. The summed E-state index contributed by atoms with van der Waals surface area (Å²) in [6.07, 6.45) is 1.53. The lowest BCUT2D eigenvalue weighted by molar-refractivity contribution is -0.387. The minimum absolute atomic E-state index is 0.266. The highest BCUT2D eigenvalue weighted by atomic mass is 32.2. The zero-order valence-corrected chi connectivity index (χ0v) is 11.3. The predicted molar refractivity (Wildman–Crippen MR) is 69.3 cm³/mol. The number of nitrogens with one attached hydrogen (secondary N) is 2. The highest BCUT2D eigenvalue weighted by Gasteiger charge is 2.25. The molecule has 1 saturated heterocycles. The zero-order chi connectivity index (χ0) is 14.8. The number of hydrogen-bond donors (Lipinski definition) is 2. The Kier molecular flexibility index (Phi) is 4.31. The van der Waals surface area contributed by atoms with E-state index in [0.717, 1.165) is 31.2 Å². The molecule has 0 amide bonds. The van der Waals surface area contributed by atoms with Gasteiger partial charge >= 0.3 is 5.69 Å². The van der Waals surface area contributed by atoms with Gasteiger partial charge in [0, 0.05) is 18.7 Å². The molecule has 7 nitrogen and oxygen atoms in total. The molecule has 1 atom stereocenters. The number of rotatable bonds is 4. The van der Waals surface area contributed by atoms with Crippen molar-refractivity contribution in [2.75, 3.05) is 13.1 Å². The highest BCUT2D eigenvalue weighted by molar-refractivity contribution is 7.89. The largest absolute Gasteiger partial charge is 0.315 e. The van der Waals surface area contributed by atoms with Crippen molar-refractivity contribution in [3.8, 4) is 0 Å². The summed E-state index contributed by atoms with van der Waals surface area (Å²) in [5.74, 6) is -1.06. The molecule has 0 aromatic heterocycles. The molecule has 0 aliphatic carbocycles. The predicted octanol–water partition coefficient (Wildman–Crippen LogP) is 0.764. The Morgan fingerprint density at radius 1 is 1.45 bits per heavy atom. The van der Waals surface area contributed by atoms with Gasteiger partial charge in [-0.05, 0) is 31.5 Å². The van der Waals surface area contributed by atoms with Crippen LogP contribution in [-0.2, 0) is 10.0 Å². The number of hydrogen-bond acceptors (Lipinski definition) is 5. The van der Waals surface area contributed by atoms with Gasteiger partial charge in [-0.25, -0.2) is 13.1 Å². The molecule has 0 spiro atoms. The Morgan fingerprint density at radius 2 is 2.20 bits per heavy atom. The Bertz CT molecular complexity index is 614. The molecule has 2 N–H and O–H groups in total. The van der Waals surface area contributed by atoms with E-state index in [-0.39, 0.29) is 10.9 Å². The summed E-state index contributed by atoms with van der Waals surface area (Å²) in [6.45, 7) is 1.34. The van der Waals surface area contributed by atoms with Crippen LogP contribution in [0.5, 0.6) is 0 Å². The smallest absolute Gasteiger partial charge is 0.306 e. The molecule has 1 aromatic rings. The van der Waals surface area contributed by atoms with E-state index >= 15 is 0 Å². The second kappa shape index (κ2) is 5.81. The number of nitrogens with zero attached hydrogens (tertiary/aromatic N) is 1. The van der Waals surface area contributed by atoms with E-state index in [9.17, 15) is 22.9 Å². The molecular weight excluding hydrogens is 289 g/mol. The van der Waals surface area contributed by atoms with Crippen molar-refractivity contribution in [1.29, 1.82) is 0 Å². The molecule has 1 aliphatic rings. The first-order chi connectivity index (χ1) is 9.40. The van der Waals surface area contributed by atoms with E-state index in [1.54, 1.807) is 0 Å². The summed E-state index contributed by atoms with van der Waals surface area (Å²) in [7, 11) is -3.89. The van der Waals surface area contributed by atoms with Gasteiger partial charge in [0.2, 0.25) is 15.8 Å². The lowest BCUT2D eigenvalue weighted by Gasteiger charge is -2.23. The minimum atomic E-state index is -3.89. The molecule has 9 heteroatoms. The van der Waals surface area contributed by atoms with Gasteiger partial charge < -0.3 is 5.32 Å². The van der Waals surface area contributed by atoms with Gasteiger partial charge in [-0.2, -0.15) is 4.39 Å². The van der Waals surface area contributed by atoms with Crippen molar-refractivity contribution in [2.24, 2.45) is 0 Å². The van der Waals surface area contributed by atoms with Crippen molar-refractivity contribution < 1.29 is 17.7 Å². The third-order valence-corrected chi connectivity index (χ3v) is 4.56. The van der Waals surface area contributed by atoms with E-state index in [1.807, 2.05) is 0 Å². The monoisotopic (exact) mass is 303 g/mol. The first kappa shape index (κ1) is 14.8. The van der Waals surface area contributed by atoms with Gasteiger partial charge in [0.25, 0.3) is 0 Å². The fourth-order valence-corrected chi connectivity index (χ4v) is 3.33. The van der Waals surface area contributed by atoms with E-state index in [1.165, 1.54) is 0 Å².